The van der Waals surface area contributed by atoms with Crippen molar-refractivity contribution in [3.8, 4) is 5.75 Å². The van der Waals surface area contributed by atoms with Crippen LogP contribution in [0.15, 0.2) is 60.7 Å². The maximum absolute atomic E-state index is 13.6. The number of benzene rings is 3. The highest BCUT2D eigenvalue weighted by Gasteiger charge is 2.24. The molecule has 10 heteroatoms. The van der Waals surface area contributed by atoms with Crippen LogP contribution in [0.4, 0.5) is 17.3 Å². The lowest BCUT2D eigenvalue weighted by Gasteiger charge is -2.26. The van der Waals surface area contributed by atoms with E-state index in [1.165, 1.54) is 12.7 Å². The lowest BCUT2D eigenvalue weighted by atomic mass is 10.1. The largest absolute Gasteiger partial charge is 0.496 e. The fourth-order valence-corrected chi connectivity index (χ4v) is 5.30. The summed E-state index contributed by atoms with van der Waals surface area (Å²) in [6.45, 7) is 3.48. The Morgan fingerprint density at radius 3 is 2.65 bits per heavy atom. The molecule has 1 saturated heterocycles. The summed E-state index contributed by atoms with van der Waals surface area (Å²) in [5.74, 6) is 0.649. The highest BCUT2D eigenvalue weighted by atomic mass is 35.5. The number of carbonyl (C=O) groups excluding carboxylic acids is 2. The summed E-state index contributed by atoms with van der Waals surface area (Å²) in [6.07, 6.45) is 2.93. The predicted molar refractivity (Wildman–Crippen MR) is 158 cm³/mol. The number of halogens is 1. The van der Waals surface area contributed by atoms with Gasteiger partial charge in [-0.1, -0.05) is 24.3 Å². The zero-order valence-corrected chi connectivity index (χ0v) is 23.1. The van der Waals surface area contributed by atoms with Crippen molar-refractivity contribution in [2.75, 3.05) is 55.1 Å². The number of fused-ring (bicyclic) bond motifs is 2. The van der Waals surface area contributed by atoms with Gasteiger partial charge in [0.25, 0.3) is 11.8 Å². The number of hydrogen-bond donors (Lipinski definition) is 2. The molecule has 9 nitrogen and oxygen atoms in total. The summed E-state index contributed by atoms with van der Waals surface area (Å²) < 4.78 is 11.0. The number of aryl methyl sites for hydroxylation is 1. The number of ether oxygens (including phenoxy) is 2. The normalized spacial score (nSPS) is 15.1. The second kappa shape index (κ2) is 12.0. The first-order valence-corrected chi connectivity index (χ1v) is 13.3. The van der Waals surface area contributed by atoms with Crippen LogP contribution in [-0.4, -0.2) is 61.7 Å². The molecule has 208 valence electrons. The Morgan fingerprint density at radius 2 is 1.82 bits per heavy atom. The summed E-state index contributed by atoms with van der Waals surface area (Å²) in [5, 5.41) is 2.99. The molecular weight excluding hydrogens is 530 g/mol. The minimum Gasteiger partial charge on any atom is -0.496 e. The molecule has 0 radical (unpaired) electrons. The summed E-state index contributed by atoms with van der Waals surface area (Å²) in [4.78, 5) is 39.0. The Labute approximate surface area is 238 Å². The molecule has 0 saturated carbocycles. The average Bonchev–Trinajstić information content (AvgIpc) is 3.31. The molecule has 2 aliphatic heterocycles. The Morgan fingerprint density at radius 1 is 1.00 bits per heavy atom. The Bertz CT molecular complexity index is 1530. The number of H-pyrrole nitrogens is 1. The summed E-state index contributed by atoms with van der Waals surface area (Å²) in [7, 11) is 1.50. The molecule has 0 bridgehead atoms. The molecule has 3 aromatic carbocycles. The fourth-order valence-electron chi connectivity index (χ4n) is 5.30. The van der Waals surface area contributed by atoms with Gasteiger partial charge in [0.15, 0.2) is 0 Å². The smallest absolute Gasteiger partial charge is 0.259 e. The Kier molecular flexibility index (Phi) is 8.23. The zero-order valence-electron chi connectivity index (χ0n) is 22.3. The molecular formula is C30H32ClN5O4. The topological polar surface area (TPSA) is 99.8 Å². The quantitative estimate of drug-likeness (QED) is 0.353. The number of morpholine rings is 1. The third kappa shape index (κ3) is 5.35. The maximum atomic E-state index is 13.6. The number of aromatic amines is 1. The van der Waals surface area contributed by atoms with Gasteiger partial charge in [-0.2, -0.15) is 0 Å². The van der Waals surface area contributed by atoms with Crippen molar-refractivity contribution < 1.29 is 19.1 Å². The molecule has 1 aromatic heterocycles. The van der Waals surface area contributed by atoms with E-state index in [4.69, 9.17) is 14.5 Å². The van der Waals surface area contributed by atoms with Crippen LogP contribution in [0.1, 0.15) is 39.1 Å². The number of anilines is 3. The Balaban J connectivity index is 0.00000323. The number of amides is 2. The van der Waals surface area contributed by atoms with Crippen molar-refractivity contribution in [3.05, 3.63) is 77.4 Å². The van der Waals surface area contributed by atoms with E-state index in [1.807, 2.05) is 41.3 Å². The van der Waals surface area contributed by atoms with E-state index < -0.39 is 0 Å². The van der Waals surface area contributed by atoms with Gasteiger partial charge >= 0.3 is 0 Å². The van der Waals surface area contributed by atoms with E-state index in [-0.39, 0.29) is 24.2 Å². The van der Waals surface area contributed by atoms with Gasteiger partial charge in [-0.05, 0) is 61.2 Å². The minimum absolute atomic E-state index is 0. The fraction of sp³-hybridized carbons (Fsp3) is 0.300. The van der Waals surface area contributed by atoms with Crippen molar-refractivity contribution in [2.45, 2.75) is 19.3 Å². The first-order valence-electron chi connectivity index (χ1n) is 13.3. The number of methoxy groups -OCH3 is 1. The second-order valence-electron chi connectivity index (χ2n) is 9.77. The SMILES string of the molecule is COc1cc(C(=O)N2CCCCc3ccccc32)ccc1C(=O)Nc1cccc2[nH]c(N3CCOCC3)nc12.Cl. The third-order valence-electron chi connectivity index (χ3n) is 7.36. The monoisotopic (exact) mass is 561 g/mol. The van der Waals surface area contributed by atoms with Crippen molar-refractivity contribution >= 4 is 52.6 Å². The summed E-state index contributed by atoms with van der Waals surface area (Å²) in [6, 6.07) is 18.7. The van der Waals surface area contributed by atoms with E-state index >= 15 is 0 Å². The third-order valence-corrected chi connectivity index (χ3v) is 7.36. The molecule has 1 fully saturated rings. The number of hydrogen-bond acceptors (Lipinski definition) is 6. The standard InChI is InChI=1S/C30H31N5O4.ClH/c1-38-26-19-21(29(37)35-14-5-4-8-20-7-2-3-11-25(20)35)12-13-22(26)28(36)31-23-9-6-10-24-27(23)33-30(32-24)34-15-17-39-18-16-34;/h2-3,6-7,9-13,19H,4-5,8,14-18H2,1H3,(H,31,36)(H,32,33);1H. The van der Waals surface area contributed by atoms with E-state index in [0.717, 1.165) is 49.5 Å². The van der Waals surface area contributed by atoms with Crippen molar-refractivity contribution in [1.29, 1.82) is 0 Å². The lowest BCUT2D eigenvalue weighted by Crippen LogP contribution is -2.36. The number of imidazole rings is 1. The van der Waals surface area contributed by atoms with Crippen LogP contribution in [-0.2, 0) is 11.2 Å². The average molecular weight is 562 g/mol. The van der Waals surface area contributed by atoms with Crippen molar-refractivity contribution in [1.82, 2.24) is 9.97 Å². The van der Waals surface area contributed by atoms with Gasteiger partial charge in [0.1, 0.15) is 11.3 Å². The number of nitrogens with zero attached hydrogens (tertiary/aromatic N) is 3. The zero-order chi connectivity index (χ0) is 26.8. The molecule has 3 heterocycles. The van der Waals surface area contributed by atoms with Gasteiger partial charge in [-0.3, -0.25) is 9.59 Å². The number of aromatic nitrogens is 2. The van der Waals surface area contributed by atoms with Gasteiger partial charge in [0.05, 0.1) is 37.1 Å². The van der Waals surface area contributed by atoms with E-state index in [1.54, 1.807) is 18.2 Å². The van der Waals surface area contributed by atoms with Crippen LogP contribution < -0.4 is 19.9 Å². The highest BCUT2D eigenvalue weighted by Crippen LogP contribution is 2.30. The maximum Gasteiger partial charge on any atom is 0.259 e. The summed E-state index contributed by atoms with van der Waals surface area (Å²) in [5.41, 5.74) is 5.05. The van der Waals surface area contributed by atoms with Gasteiger partial charge in [0.2, 0.25) is 5.95 Å². The molecule has 0 aliphatic carbocycles. The molecule has 2 aliphatic rings. The molecule has 40 heavy (non-hydrogen) atoms. The van der Waals surface area contributed by atoms with Gasteiger partial charge in [0, 0.05) is 30.9 Å². The van der Waals surface area contributed by atoms with Gasteiger partial charge < -0.3 is 29.6 Å². The Hall–Kier alpha value is -4.08. The van der Waals surface area contributed by atoms with Crippen LogP contribution in [0.2, 0.25) is 0 Å². The van der Waals surface area contributed by atoms with E-state index in [2.05, 4.69) is 21.3 Å². The lowest BCUT2D eigenvalue weighted by molar-refractivity contribution is 0.0982. The highest BCUT2D eigenvalue weighted by molar-refractivity contribution is 6.11. The van der Waals surface area contributed by atoms with Gasteiger partial charge in [-0.25, -0.2) is 4.98 Å². The predicted octanol–water partition coefficient (Wildman–Crippen LogP) is 5.07. The number of para-hydroxylation sites is 2. The molecule has 2 N–H and O–H groups in total. The van der Waals surface area contributed by atoms with Crippen LogP contribution in [0, 0.1) is 0 Å². The molecule has 0 unspecified atom stereocenters. The second-order valence-corrected chi connectivity index (χ2v) is 9.77. The molecule has 0 atom stereocenters. The van der Waals surface area contributed by atoms with E-state index in [0.29, 0.717) is 47.8 Å². The van der Waals surface area contributed by atoms with Crippen LogP contribution >= 0.6 is 12.4 Å². The molecule has 6 rings (SSSR count). The first kappa shape index (κ1) is 27.5. The molecule has 2 amide bonds. The summed E-state index contributed by atoms with van der Waals surface area (Å²) >= 11 is 0. The number of nitrogens with one attached hydrogen (secondary N) is 2. The first-order chi connectivity index (χ1) is 19.1. The van der Waals surface area contributed by atoms with Gasteiger partial charge in [-0.15, -0.1) is 12.4 Å². The van der Waals surface area contributed by atoms with Crippen LogP contribution in [0.25, 0.3) is 11.0 Å². The number of rotatable bonds is 5. The molecule has 0 spiro atoms. The molecule has 4 aromatic rings. The van der Waals surface area contributed by atoms with Crippen molar-refractivity contribution in [3.63, 3.8) is 0 Å². The van der Waals surface area contributed by atoms with E-state index in [9.17, 15) is 9.59 Å². The minimum atomic E-state index is -0.339. The van der Waals surface area contributed by atoms with Crippen molar-refractivity contribution in [2.24, 2.45) is 0 Å². The van der Waals surface area contributed by atoms with Crippen LogP contribution in [0.3, 0.4) is 0 Å². The van der Waals surface area contributed by atoms with Crippen LogP contribution in [0.5, 0.6) is 5.75 Å². The number of carbonyl (C=O) groups is 2.